The van der Waals surface area contributed by atoms with Crippen LogP contribution in [0.2, 0.25) is 10.0 Å². The molecule has 0 heterocycles. The van der Waals surface area contributed by atoms with Crippen LogP contribution in [0.5, 0.6) is 11.5 Å². The van der Waals surface area contributed by atoms with E-state index in [4.69, 9.17) is 32.7 Å². The largest absolute Gasteiger partial charge is 0.493 e. The summed E-state index contributed by atoms with van der Waals surface area (Å²) in [6.07, 6.45) is 0. The van der Waals surface area contributed by atoms with Gasteiger partial charge in [-0.2, -0.15) is 0 Å². The van der Waals surface area contributed by atoms with Crippen LogP contribution in [-0.4, -0.2) is 32.6 Å². The molecule has 0 aliphatic carbocycles. The average Bonchev–Trinajstić information content (AvgIpc) is 2.62. The SMILES string of the molecule is CNC(=O)c1ccc(OC)c(OCC(=O)Nc2ccc(Cl)c(Cl)c2)c1Br. The molecule has 0 spiro atoms. The first-order valence-electron chi connectivity index (χ1n) is 7.33. The molecule has 2 rings (SSSR count). The van der Waals surface area contributed by atoms with Crippen LogP contribution in [0.4, 0.5) is 5.69 Å². The van der Waals surface area contributed by atoms with Crippen LogP contribution in [0.3, 0.4) is 0 Å². The first kappa shape index (κ1) is 20.4. The Balaban J connectivity index is 2.13. The van der Waals surface area contributed by atoms with Crippen LogP contribution in [0.15, 0.2) is 34.8 Å². The molecular formula is C17H15BrCl2N2O4. The zero-order valence-electron chi connectivity index (χ0n) is 13.9. The predicted octanol–water partition coefficient (Wildman–Crippen LogP) is 4.14. The fourth-order valence-electron chi connectivity index (χ4n) is 2.05. The van der Waals surface area contributed by atoms with Gasteiger partial charge in [0.05, 0.1) is 27.2 Å². The number of anilines is 1. The van der Waals surface area contributed by atoms with Gasteiger partial charge in [0.25, 0.3) is 11.8 Å². The minimum atomic E-state index is -0.414. The maximum absolute atomic E-state index is 12.1. The molecule has 0 unspecified atom stereocenters. The molecule has 0 saturated heterocycles. The molecule has 0 fully saturated rings. The molecule has 0 saturated carbocycles. The molecule has 0 aromatic heterocycles. The highest BCUT2D eigenvalue weighted by Crippen LogP contribution is 2.38. The fourth-order valence-corrected chi connectivity index (χ4v) is 2.97. The third-order valence-electron chi connectivity index (χ3n) is 3.30. The van der Waals surface area contributed by atoms with Gasteiger partial charge >= 0.3 is 0 Å². The van der Waals surface area contributed by atoms with E-state index in [1.807, 2.05) is 0 Å². The quantitative estimate of drug-likeness (QED) is 0.677. The molecule has 0 bridgehead atoms. The summed E-state index contributed by atoms with van der Waals surface area (Å²) >= 11 is 15.1. The van der Waals surface area contributed by atoms with E-state index < -0.39 is 5.91 Å². The van der Waals surface area contributed by atoms with E-state index in [9.17, 15) is 9.59 Å². The number of methoxy groups -OCH3 is 1. The first-order chi connectivity index (χ1) is 12.4. The van der Waals surface area contributed by atoms with Gasteiger partial charge in [0, 0.05) is 12.7 Å². The predicted molar refractivity (Wildman–Crippen MR) is 105 cm³/mol. The van der Waals surface area contributed by atoms with Crippen molar-refractivity contribution in [1.82, 2.24) is 5.32 Å². The number of nitrogens with one attached hydrogen (secondary N) is 2. The van der Waals surface area contributed by atoms with E-state index in [0.717, 1.165) is 0 Å². The molecule has 0 aliphatic heterocycles. The maximum Gasteiger partial charge on any atom is 0.262 e. The Kier molecular flexibility index (Phi) is 7.14. The molecule has 9 heteroatoms. The van der Waals surface area contributed by atoms with Crippen LogP contribution < -0.4 is 20.1 Å². The van der Waals surface area contributed by atoms with E-state index in [1.54, 1.807) is 24.3 Å². The Morgan fingerprint density at radius 1 is 1.15 bits per heavy atom. The van der Waals surface area contributed by atoms with Gasteiger partial charge in [-0.05, 0) is 46.3 Å². The molecule has 2 aromatic rings. The van der Waals surface area contributed by atoms with Crippen molar-refractivity contribution in [2.45, 2.75) is 0 Å². The van der Waals surface area contributed by atoms with Gasteiger partial charge < -0.3 is 20.1 Å². The van der Waals surface area contributed by atoms with E-state index in [2.05, 4.69) is 26.6 Å². The lowest BCUT2D eigenvalue weighted by molar-refractivity contribution is -0.118. The number of amides is 2. The topological polar surface area (TPSA) is 76.7 Å². The van der Waals surface area contributed by atoms with Crippen molar-refractivity contribution in [3.8, 4) is 11.5 Å². The van der Waals surface area contributed by atoms with Crippen molar-refractivity contribution < 1.29 is 19.1 Å². The average molecular weight is 462 g/mol. The minimum absolute atomic E-state index is 0.248. The third kappa shape index (κ3) is 4.81. The van der Waals surface area contributed by atoms with Crippen LogP contribution in [0, 0.1) is 0 Å². The van der Waals surface area contributed by atoms with E-state index >= 15 is 0 Å². The lowest BCUT2D eigenvalue weighted by Gasteiger charge is -2.15. The summed E-state index contributed by atoms with van der Waals surface area (Å²) < 4.78 is 11.2. The molecule has 0 aliphatic rings. The van der Waals surface area contributed by atoms with Gasteiger partial charge in [-0.15, -0.1) is 0 Å². The zero-order valence-corrected chi connectivity index (χ0v) is 17.0. The van der Waals surface area contributed by atoms with Gasteiger partial charge in [-0.25, -0.2) is 0 Å². The Bertz CT molecular complexity index is 846. The minimum Gasteiger partial charge on any atom is -0.493 e. The molecule has 138 valence electrons. The maximum atomic E-state index is 12.1. The molecular weight excluding hydrogens is 447 g/mol. The fraction of sp³-hybridized carbons (Fsp3) is 0.176. The summed E-state index contributed by atoms with van der Waals surface area (Å²) in [6, 6.07) is 7.90. The molecule has 6 nitrogen and oxygen atoms in total. The zero-order chi connectivity index (χ0) is 19.3. The third-order valence-corrected chi connectivity index (χ3v) is 4.83. The summed E-state index contributed by atoms with van der Waals surface area (Å²) in [5.74, 6) is -0.0860. The van der Waals surface area contributed by atoms with Crippen molar-refractivity contribution in [1.29, 1.82) is 0 Å². The lowest BCUT2D eigenvalue weighted by atomic mass is 10.2. The summed E-state index contributed by atoms with van der Waals surface area (Å²) in [5.41, 5.74) is 0.839. The molecule has 26 heavy (non-hydrogen) atoms. The molecule has 2 aromatic carbocycles. The second-order valence-corrected chi connectivity index (χ2v) is 6.61. The molecule has 0 radical (unpaired) electrons. The van der Waals surface area contributed by atoms with Crippen molar-refractivity contribution in [2.24, 2.45) is 0 Å². The van der Waals surface area contributed by atoms with Crippen LogP contribution >= 0.6 is 39.1 Å². The monoisotopic (exact) mass is 460 g/mol. The van der Waals surface area contributed by atoms with Gasteiger partial charge in [-0.3, -0.25) is 9.59 Å². The number of benzene rings is 2. The van der Waals surface area contributed by atoms with E-state index in [1.165, 1.54) is 20.2 Å². The number of carbonyl (C=O) groups excluding carboxylic acids is 2. The Labute approximate surface area is 168 Å². The van der Waals surface area contributed by atoms with Gasteiger partial charge in [0.2, 0.25) is 0 Å². The first-order valence-corrected chi connectivity index (χ1v) is 8.88. The van der Waals surface area contributed by atoms with E-state index in [0.29, 0.717) is 31.5 Å². The van der Waals surface area contributed by atoms with Crippen molar-refractivity contribution in [3.63, 3.8) is 0 Å². The number of hydrogen-bond donors (Lipinski definition) is 2. The summed E-state index contributed by atoms with van der Waals surface area (Å²) in [7, 11) is 2.98. The lowest BCUT2D eigenvalue weighted by Crippen LogP contribution is -2.21. The summed E-state index contributed by atoms with van der Waals surface area (Å²) in [6.45, 7) is -0.299. The van der Waals surface area contributed by atoms with Crippen molar-refractivity contribution >= 4 is 56.6 Å². The van der Waals surface area contributed by atoms with Crippen LogP contribution in [0.1, 0.15) is 10.4 Å². The van der Waals surface area contributed by atoms with Crippen LogP contribution in [-0.2, 0) is 4.79 Å². The second-order valence-electron chi connectivity index (χ2n) is 5.00. The highest BCUT2D eigenvalue weighted by atomic mass is 79.9. The Morgan fingerprint density at radius 3 is 2.50 bits per heavy atom. The number of ether oxygens (including phenoxy) is 2. The van der Waals surface area contributed by atoms with Gasteiger partial charge in [-0.1, -0.05) is 23.2 Å². The van der Waals surface area contributed by atoms with Gasteiger partial charge in [0.15, 0.2) is 18.1 Å². The number of rotatable bonds is 6. The summed E-state index contributed by atoms with van der Waals surface area (Å²) in [5, 5.41) is 5.89. The highest BCUT2D eigenvalue weighted by molar-refractivity contribution is 9.10. The smallest absolute Gasteiger partial charge is 0.262 e. The van der Waals surface area contributed by atoms with E-state index in [-0.39, 0.29) is 18.3 Å². The second kappa shape index (κ2) is 9.12. The molecule has 2 N–H and O–H groups in total. The molecule has 2 amide bonds. The van der Waals surface area contributed by atoms with Crippen molar-refractivity contribution in [2.75, 3.05) is 26.1 Å². The van der Waals surface area contributed by atoms with Crippen LogP contribution in [0.25, 0.3) is 0 Å². The normalized spacial score (nSPS) is 10.2. The Hall–Kier alpha value is -1.96. The van der Waals surface area contributed by atoms with Gasteiger partial charge in [0.1, 0.15) is 0 Å². The standard InChI is InChI=1S/C17H15BrCl2N2O4/c1-21-17(24)10-4-6-13(25-2)16(15(10)18)26-8-14(23)22-9-3-5-11(19)12(20)7-9/h3-7H,8H2,1-2H3,(H,21,24)(H,22,23). The number of hydrogen-bond acceptors (Lipinski definition) is 4. The van der Waals surface area contributed by atoms with Crippen molar-refractivity contribution in [3.05, 3.63) is 50.4 Å². The Morgan fingerprint density at radius 2 is 1.88 bits per heavy atom. The summed E-state index contributed by atoms with van der Waals surface area (Å²) in [4.78, 5) is 24.0. The highest BCUT2D eigenvalue weighted by Gasteiger charge is 2.18. The number of halogens is 3. The molecule has 0 atom stereocenters. The number of carbonyl (C=O) groups is 2.